The van der Waals surface area contributed by atoms with Crippen LogP contribution in [0.25, 0.3) is 0 Å². The number of ether oxygens (including phenoxy) is 3. The summed E-state index contributed by atoms with van der Waals surface area (Å²) in [6, 6.07) is 4.05. The van der Waals surface area contributed by atoms with E-state index in [9.17, 15) is 24.6 Å². The van der Waals surface area contributed by atoms with Crippen LogP contribution in [0, 0.1) is 0 Å². The molecule has 2 unspecified atom stereocenters. The molecule has 1 aliphatic heterocycles. The molecule has 1 saturated heterocycles. The fourth-order valence-electron chi connectivity index (χ4n) is 3.07. The molecule has 172 valence electrons. The minimum atomic E-state index is -1.97. The van der Waals surface area contributed by atoms with Gasteiger partial charge in [0, 0.05) is 20.0 Å². The predicted molar refractivity (Wildman–Crippen MR) is 110 cm³/mol. The molecule has 0 aliphatic carbocycles. The van der Waals surface area contributed by atoms with Gasteiger partial charge in [-0.2, -0.15) is 4.98 Å². The Balaban J connectivity index is 1.90. The van der Waals surface area contributed by atoms with E-state index in [1.807, 2.05) is 0 Å². The number of phenols is 2. The average molecular weight is 516 g/mol. The molecule has 0 saturated carbocycles. The quantitative estimate of drug-likeness (QED) is 0.384. The fourth-order valence-corrected chi connectivity index (χ4v) is 3.48. The van der Waals surface area contributed by atoms with E-state index in [0.717, 1.165) is 18.4 Å². The van der Waals surface area contributed by atoms with Crippen molar-refractivity contribution in [3.05, 3.63) is 39.4 Å². The van der Waals surface area contributed by atoms with Crippen molar-refractivity contribution < 1.29 is 38.4 Å². The van der Waals surface area contributed by atoms with Crippen LogP contribution in [0.3, 0.4) is 0 Å². The Morgan fingerprint density at radius 1 is 1.28 bits per heavy atom. The summed E-state index contributed by atoms with van der Waals surface area (Å²) in [5, 5.41) is 22.4. The van der Waals surface area contributed by atoms with Crippen LogP contribution in [0.2, 0.25) is 0 Å². The largest absolute Gasteiger partial charge is 0.506 e. The van der Waals surface area contributed by atoms with E-state index < -0.39 is 42.2 Å². The lowest BCUT2D eigenvalue weighted by Crippen LogP contribution is -2.37. The van der Waals surface area contributed by atoms with E-state index in [-0.39, 0.29) is 34.1 Å². The molecule has 3 rings (SSSR count). The minimum absolute atomic E-state index is 0.0653. The highest BCUT2D eigenvalue weighted by molar-refractivity contribution is 9.10. The molecule has 0 spiro atoms. The average Bonchev–Trinajstić information content (AvgIpc) is 3.00. The summed E-state index contributed by atoms with van der Waals surface area (Å²) in [6.07, 6.45) is -4.87. The molecular weight excluding hydrogens is 497 g/mol. The molecular formula is C19H19BrFN3O8. The molecule has 0 amide bonds. The zero-order chi connectivity index (χ0) is 23.6. The van der Waals surface area contributed by atoms with Crippen molar-refractivity contribution in [3.63, 3.8) is 0 Å². The highest BCUT2D eigenvalue weighted by Crippen LogP contribution is 2.37. The van der Waals surface area contributed by atoms with Crippen molar-refractivity contribution in [3.8, 4) is 11.5 Å². The van der Waals surface area contributed by atoms with E-state index >= 15 is 4.39 Å². The minimum Gasteiger partial charge on any atom is -0.506 e. The third-order valence-electron chi connectivity index (χ3n) is 4.46. The molecule has 13 heteroatoms. The van der Waals surface area contributed by atoms with Crippen molar-refractivity contribution in [2.75, 3.05) is 11.9 Å². The summed E-state index contributed by atoms with van der Waals surface area (Å²) in [7, 11) is 0. The maximum absolute atomic E-state index is 15.1. The first kappa shape index (κ1) is 23.5. The van der Waals surface area contributed by atoms with Gasteiger partial charge in [-0.15, -0.1) is 0 Å². The SMILES string of the molecule is CC(=O)OC[C@H]1O[C@@H](n2cc(Br)c(Nc3c(O)cccc3O)nc2=O)C(F)C1OC(C)=O. The van der Waals surface area contributed by atoms with Gasteiger partial charge in [0.2, 0.25) is 0 Å². The Hall–Kier alpha value is -3.19. The van der Waals surface area contributed by atoms with Crippen LogP contribution in [-0.4, -0.2) is 56.7 Å². The van der Waals surface area contributed by atoms with E-state index in [0.29, 0.717) is 0 Å². The Labute approximate surface area is 188 Å². The van der Waals surface area contributed by atoms with Gasteiger partial charge in [0.15, 0.2) is 24.3 Å². The number of para-hydroxylation sites is 1. The van der Waals surface area contributed by atoms with Crippen LogP contribution in [0.5, 0.6) is 11.5 Å². The van der Waals surface area contributed by atoms with Gasteiger partial charge >= 0.3 is 17.6 Å². The van der Waals surface area contributed by atoms with Gasteiger partial charge in [-0.3, -0.25) is 14.2 Å². The molecule has 1 aromatic heterocycles. The van der Waals surface area contributed by atoms with Crippen LogP contribution < -0.4 is 11.0 Å². The fraction of sp³-hybridized carbons (Fsp3) is 0.368. The number of rotatable bonds is 6. The van der Waals surface area contributed by atoms with Gasteiger partial charge in [0.1, 0.15) is 29.9 Å². The van der Waals surface area contributed by atoms with Crippen molar-refractivity contribution >= 4 is 39.4 Å². The Bertz CT molecular complexity index is 1070. The maximum Gasteiger partial charge on any atom is 0.351 e. The molecule has 11 nitrogen and oxygen atoms in total. The van der Waals surface area contributed by atoms with Crippen molar-refractivity contribution in [1.82, 2.24) is 9.55 Å². The first-order valence-corrected chi connectivity index (χ1v) is 10.0. The van der Waals surface area contributed by atoms with Gasteiger partial charge in [-0.1, -0.05) is 6.07 Å². The van der Waals surface area contributed by atoms with Gasteiger partial charge in [-0.05, 0) is 28.1 Å². The van der Waals surface area contributed by atoms with Crippen LogP contribution in [0.15, 0.2) is 33.7 Å². The zero-order valence-corrected chi connectivity index (χ0v) is 18.4. The molecule has 32 heavy (non-hydrogen) atoms. The summed E-state index contributed by atoms with van der Waals surface area (Å²) < 4.78 is 31.5. The number of hydrogen-bond acceptors (Lipinski definition) is 10. The Morgan fingerprint density at radius 3 is 2.53 bits per heavy atom. The standard InChI is InChI=1S/C19H19BrFN3O8/c1-8(25)30-7-13-16(31-9(2)26)14(21)18(32-13)24-6-10(20)17(23-19(24)29)22-15-11(27)4-3-5-12(15)28/h3-6,13-14,16,18,27-28H,7H2,1-2H3,(H,22,23,29)/t13-,14?,16?,18-/m1/s1. The summed E-state index contributed by atoms with van der Waals surface area (Å²) in [5.41, 5.74) is -1.03. The van der Waals surface area contributed by atoms with Crippen LogP contribution in [0.4, 0.5) is 15.9 Å². The lowest BCUT2D eigenvalue weighted by atomic mass is 10.1. The first-order chi connectivity index (χ1) is 15.1. The number of nitrogens with one attached hydrogen (secondary N) is 1. The predicted octanol–water partition coefficient (Wildman–Crippen LogP) is 1.89. The van der Waals surface area contributed by atoms with Crippen LogP contribution in [0.1, 0.15) is 20.1 Å². The van der Waals surface area contributed by atoms with Gasteiger partial charge in [-0.25, -0.2) is 9.18 Å². The van der Waals surface area contributed by atoms with Crippen LogP contribution in [-0.2, 0) is 23.8 Å². The number of halogens is 2. The van der Waals surface area contributed by atoms with E-state index in [2.05, 4.69) is 26.2 Å². The normalized spacial score (nSPS) is 22.4. The molecule has 4 atom stereocenters. The summed E-state index contributed by atoms with van der Waals surface area (Å²) >= 11 is 3.19. The summed E-state index contributed by atoms with van der Waals surface area (Å²) in [4.78, 5) is 38.9. The molecule has 1 aliphatic rings. The van der Waals surface area contributed by atoms with Crippen molar-refractivity contribution in [2.24, 2.45) is 0 Å². The molecule has 3 N–H and O–H groups in total. The van der Waals surface area contributed by atoms with Crippen molar-refractivity contribution in [1.29, 1.82) is 0 Å². The number of benzene rings is 1. The van der Waals surface area contributed by atoms with Crippen molar-refractivity contribution in [2.45, 2.75) is 38.5 Å². The molecule has 1 fully saturated rings. The topological polar surface area (TPSA) is 149 Å². The third-order valence-corrected chi connectivity index (χ3v) is 5.05. The third kappa shape index (κ3) is 4.99. The Morgan fingerprint density at radius 2 is 1.94 bits per heavy atom. The number of esters is 2. The number of aromatic nitrogens is 2. The van der Waals surface area contributed by atoms with Gasteiger partial charge < -0.3 is 29.7 Å². The first-order valence-electron chi connectivity index (χ1n) is 9.25. The summed E-state index contributed by atoms with van der Waals surface area (Å²) in [5.74, 6) is -2.06. The number of anilines is 2. The zero-order valence-electron chi connectivity index (χ0n) is 16.8. The van der Waals surface area contributed by atoms with Gasteiger partial charge in [0.05, 0.1) is 4.47 Å². The number of carbonyl (C=O) groups is 2. The summed E-state index contributed by atoms with van der Waals surface area (Å²) in [6.45, 7) is 1.85. The van der Waals surface area contributed by atoms with Crippen LogP contribution >= 0.6 is 15.9 Å². The smallest absolute Gasteiger partial charge is 0.351 e. The number of hydrogen-bond donors (Lipinski definition) is 3. The molecule has 0 radical (unpaired) electrons. The number of aromatic hydroxyl groups is 2. The second-order valence-corrected chi connectivity index (χ2v) is 7.66. The highest BCUT2D eigenvalue weighted by Gasteiger charge is 2.49. The van der Waals surface area contributed by atoms with E-state index in [1.54, 1.807) is 0 Å². The van der Waals surface area contributed by atoms with Gasteiger partial charge in [0.25, 0.3) is 0 Å². The number of carbonyl (C=O) groups excluding carboxylic acids is 2. The lowest BCUT2D eigenvalue weighted by molar-refractivity contribution is -0.156. The number of phenolic OH excluding ortho intramolecular Hbond substituents is 2. The molecule has 2 aromatic rings. The molecule has 0 bridgehead atoms. The number of alkyl halides is 1. The monoisotopic (exact) mass is 515 g/mol. The second-order valence-electron chi connectivity index (χ2n) is 6.81. The second kappa shape index (κ2) is 9.53. The van der Waals surface area contributed by atoms with E-state index in [1.165, 1.54) is 24.4 Å². The lowest BCUT2D eigenvalue weighted by Gasteiger charge is -2.18. The molecule has 2 heterocycles. The van der Waals surface area contributed by atoms with E-state index in [4.69, 9.17) is 14.2 Å². The maximum atomic E-state index is 15.1. The highest BCUT2D eigenvalue weighted by atomic mass is 79.9. The Kier molecular flexibility index (Phi) is 6.99. The molecule has 1 aromatic carbocycles. The number of nitrogens with zero attached hydrogens (tertiary/aromatic N) is 2.